The molecule has 0 aromatic heterocycles. The van der Waals surface area contributed by atoms with Crippen molar-refractivity contribution in [3.8, 4) is 5.75 Å². The van der Waals surface area contributed by atoms with Crippen LogP contribution >= 0.6 is 7.67 Å². The summed E-state index contributed by atoms with van der Waals surface area (Å²) in [5.74, 6) is 0.397. The van der Waals surface area contributed by atoms with E-state index in [1.54, 1.807) is 30.3 Å². The number of rotatable bonds is 3. The van der Waals surface area contributed by atoms with Gasteiger partial charge in [0.2, 0.25) is 0 Å². The second-order valence-corrected chi connectivity index (χ2v) is 3.56. The van der Waals surface area contributed by atoms with E-state index < -0.39 is 7.67 Å². The zero-order chi connectivity index (χ0) is 9.03. The fourth-order valence-corrected chi connectivity index (χ4v) is 0.780. The lowest BCUT2D eigenvalue weighted by molar-refractivity contribution is -0.0977. The normalized spacial score (nSPS) is 11.2. The van der Waals surface area contributed by atoms with E-state index >= 15 is 0 Å². The van der Waals surface area contributed by atoms with Crippen molar-refractivity contribution in [1.82, 2.24) is 0 Å². The SMILES string of the molecule is NP(N)(=O)OOc1ccccc1. The largest absolute Gasteiger partial charge is 0.373 e. The van der Waals surface area contributed by atoms with Crippen LogP contribution in [0, 0.1) is 0 Å². The van der Waals surface area contributed by atoms with Gasteiger partial charge in [0.05, 0.1) is 0 Å². The maximum atomic E-state index is 10.6. The van der Waals surface area contributed by atoms with Crippen molar-refractivity contribution in [3.05, 3.63) is 30.3 Å². The molecule has 0 atom stereocenters. The van der Waals surface area contributed by atoms with Gasteiger partial charge in [0.1, 0.15) is 0 Å². The Balaban J connectivity index is 2.50. The monoisotopic (exact) mass is 188 g/mol. The van der Waals surface area contributed by atoms with Crippen LogP contribution in [0.4, 0.5) is 0 Å². The molecule has 0 spiro atoms. The van der Waals surface area contributed by atoms with Crippen LogP contribution in [0.3, 0.4) is 0 Å². The Bertz CT molecular complexity index is 284. The molecule has 0 aliphatic carbocycles. The summed E-state index contributed by atoms with van der Waals surface area (Å²) < 4.78 is 14.8. The zero-order valence-electron chi connectivity index (χ0n) is 6.21. The highest BCUT2D eigenvalue weighted by molar-refractivity contribution is 7.53. The minimum atomic E-state index is -3.55. The summed E-state index contributed by atoms with van der Waals surface area (Å²) in [6, 6.07) is 8.51. The van der Waals surface area contributed by atoms with E-state index in [2.05, 4.69) is 9.56 Å². The summed E-state index contributed by atoms with van der Waals surface area (Å²) in [5.41, 5.74) is 9.74. The van der Waals surface area contributed by atoms with Crippen molar-refractivity contribution in [3.63, 3.8) is 0 Å². The molecule has 5 nitrogen and oxygen atoms in total. The smallest absolute Gasteiger partial charge is 0.329 e. The maximum absolute atomic E-state index is 10.6. The molecule has 0 saturated heterocycles. The molecule has 0 radical (unpaired) electrons. The van der Waals surface area contributed by atoms with Crippen molar-refractivity contribution >= 4 is 7.67 Å². The number of hydrogen-bond acceptors (Lipinski definition) is 3. The summed E-state index contributed by atoms with van der Waals surface area (Å²) in [6.45, 7) is 0. The molecule has 6 heteroatoms. The summed E-state index contributed by atoms with van der Waals surface area (Å²) >= 11 is 0. The summed E-state index contributed by atoms with van der Waals surface area (Å²) in [4.78, 5) is 4.56. The van der Waals surface area contributed by atoms with Gasteiger partial charge in [0.25, 0.3) is 0 Å². The van der Waals surface area contributed by atoms with Crippen molar-refractivity contribution in [2.75, 3.05) is 0 Å². The Kier molecular flexibility index (Phi) is 2.83. The van der Waals surface area contributed by atoms with Gasteiger partial charge < -0.3 is 4.89 Å². The Morgan fingerprint density at radius 1 is 1.17 bits per heavy atom. The zero-order valence-corrected chi connectivity index (χ0v) is 7.11. The summed E-state index contributed by atoms with van der Waals surface area (Å²) in [6.07, 6.45) is 0. The lowest BCUT2D eigenvalue weighted by Gasteiger charge is -2.06. The molecule has 0 saturated carbocycles. The van der Waals surface area contributed by atoms with Gasteiger partial charge in [-0.1, -0.05) is 22.9 Å². The molecule has 1 rings (SSSR count). The van der Waals surface area contributed by atoms with Gasteiger partial charge in [0, 0.05) is 0 Å². The quantitative estimate of drug-likeness (QED) is 0.420. The highest BCUT2D eigenvalue weighted by Crippen LogP contribution is 2.27. The molecule has 0 unspecified atom stereocenters. The molecule has 1 aromatic carbocycles. The average molecular weight is 188 g/mol. The van der Waals surface area contributed by atoms with E-state index in [0.29, 0.717) is 5.75 Å². The van der Waals surface area contributed by atoms with Gasteiger partial charge in [-0.25, -0.2) is 11.0 Å². The van der Waals surface area contributed by atoms with Crippen LogP contribution in [0.5, 0.6) is 5.75 Å². The number of hydrogen-bond donors (Lipinski definition) is 2. The third-order valence-electron chi connectivity index (χ3n) is 0.993. The summed E-state index contributed by atoms with van der Waals surface area (Å²) in [7, 11) is -3.55. The molecule has 12 heavy (non-hydrogen) atoms. The fourth-order valence-electron chi connectivity index (χ4n) is 0.577. The minimum absolute atomic E-state index is 0.397. The molecule has 0 aliphatic heterocycles. The van der Waals surface area contributed by atoms with Gasteiger partial charge in [-0.2, -0.15) is 0 Å². The van der Waals surface area contributed by atoms with E-state index in [1.165, 1.54) is 0 Å². The molecule has 4 N–H and O–H groups in total. The molecule has 0 amide bonds. The van der Waals surface area contributed by atoms with Gasteiger partial charge >= 0.3 is 7.67 Å². The van der Waals surface area contributed by atoms with E-state index in [0.717, 1.165) is 0 Å². The third kappa shape index (κ3) is 3.50. The molecular formula is C6H9N2O3P. The average Bonchev–Trinajstić information content (AvgIpc) is 2.02. The first-order valence-corrected chi connectivity index (χ1v) is 4.93. The van der Waals surface area contributed by atoms with E-state index in [9.17, 15) is 4.57 Å². The Morgan fingerprint density at radius 2 is 1.75 bits per heavy atom. The standard InChI is InChI=1S/C6H9N2O3P/c7-12(8,9)11-10-6-4-2-1-3-5-6/h1-5H,(H4,7,8,9). The number of para-hydroxylation sites is 1. The highest BCUT2D eigenvalue weighted by atomic mass is 31.2. The van der Waals surface area contributed by atoms with Gasteiger partial charge in [-0.15, -0.1) is 0 Å². The van der Waals surface area contributed by atoms with Gasteiger partial charge in [-0.3, -0.25) is 4.57 Å². The lowest BCUT2D eigenvalue weighted by Crippen LogP contribution is -2.10. The van der Waals surface area contributed by atoms with E-state index in [-0.39, 0.29) is 0 Å². The first kappa shape index (κ1) is 9.22. The van der Waals surface area contributed by atoms with Crippen LogP contribution in [-0.2, 0) is 9.24 Å². The van der Waals surface area contributed by atoms with Gasteiger partial charge in [-0.05, 0) is 12.1 Å². The Labute approximate surface area is 69.8 Å². The second kappa shape index (κ2) is 3.69. The molecule has 66 valence electrons. The highest BCUT2D eigenvalue weighted by Gasteiger charge is 2.10. The van der Waals surface area contributed by atoms with Crippen LogP contribution < -0.4 is 15.9 Å². The topological polar surface area (TPSA) is 87.6 Å². The van der Waals surface area contributed by atoms with Crippen LogP contribution in [0.25, 0.3) is 0 Å². The van der Waals surface area contributed by atoms with Crippen LogP contribution in [0.2, 0.25) is 0 Å². The molecule has 0 bridgehead atoms. The number of benzene rings is 1. The minimum Gasteiger partial charge on any atom is -0.329 e. The molecule has 1 aromatic rings. The van der Waals surface area contributed by atoms with Gasteiger partial charge in [0.15, 0.2) is 5.75 Å². The predicted octanol–water partition coefficient (Wildman–Crippen LogP) is 1.02. The second-order valence-electron chi connectivity index (χ2n) is 2.12. The fraction of sp³-hybridized carbons (Fsp3) is 0. The summed E-state index contributed by atoms with van der Waals surface area (Å²) in [5, 5.41) is 0. The first-order valence-electron chi connectivity index (χ1n) is 3.16. The third-order valence-corrected chi connectivity index (χ3v) is 1.30. The molecule has 0 fully saturated rings. The van der Waals surface area contributed by atoms with Crippen LogP contribution in [0.1, 0.15) is 0 Å². The Morgan fingerprint density at radius 3 is 2.25 bits per heavy atom. The predicted molar refractivity (Wildman–Crippen MR) is 44.1 cm³/mol. The van der Waals surface area contributed by atoms with Crippen molar-refractivity contribution in [2.45, 2.75) is 0 Å². The molecule has 0 aliphatic rings. The van der Waals surface area contributed by atoms with Crippen molar-refractivity contribution < 1.29 is 14.1 Å². The lowest BCUT2D eigenvalue weighted by atomic mass is 10.3. The van der Waals surface area contributed by atoms with Crippen LogP contribution in [0.15, 0.2) is 30.3 Å². The maximum Gasteiger partial charge on any atom is 0.373 e. The van der Waals surface area contributed by atoms with Crippen LogP contribution in [-0.4, -0.2) is 0 Å². The number of nitrogens with two attached hydrogens (primary N) is 2. The molecular weight excluding hydrogens is 179 g/mol. The van der Waals surface area contributed by atoms with E-state index in [1.807, 2.05) is 0 Å². The Hall–Kier alpha value is -0.870. The van der Waals surface area contributed by atoms with Crippen molar-refractivity contribution in [1.29, 1.82) is 0 Å². The first-order chi connectivity index (χ1) is 5.58. The van der Waals surface area contributed by atoms with Crippen molar-refractivity contribution in [2.24, 2.45) is 11.0 Å². The molecule has 0 heterocycles. The van der Waals surface area contributed by atoms with E-state index in [4.69, 9.17) is 11.0 Å².